The van der Waals surface area contributed by atoms with Crippen LogP contribution in [0.3, 0.4) is 0 Å². The van der Waals surface area contributed by atoms with E-state index in [1.54, 1.807) is 0 Å². The van der Waals surface area contributed by atoms with E-state index in [1.165, 1.54) is 31.7 Å². The van der Waals surface area contributed by atoms with Gasteiger partial charge in [-0.25, -0.2) is 4.98 Å². The molecule has 0 aromatic carbocycles. The minimum absolute atomic E-state index is 0.0613. The Labute approximate surface area is 129 Å². The molecular formula is C15H22N4O3. The lowest BCUT2D eigenvalue weighted by atomic mass is 9.81. The van der Waals surface area contributed by atoms with E-state index in [2.05, 4.69) is 17.2 Å². The molecule has 2 rings (SSSR count). The van der Waals surface area contributed by atoms with Crippen LogP contribution in [-0.2, 0) is 0 Å². The fraction of sp³-hybridized carbons (Fsp3) is 0.600. The van der Waals surface area contributed by atoms with Crippen molar-refractivity contribution in [3.63, 3.8) is 0 Å². The van der Waals surface area contributed by atoms with E-state index in [4.69, 9.17) is 5.73 Å². The van der Waals surface area contributed by atoms with Crippen molar-refractivity contribution in [2.45, 2.75) is 39.0 Å². The van der Waals surface area contributed by atoms with Gasteiger partial charge in [-0.15, -0.1) is 0 Å². The number of carbonyl (C=O) groups excluding carboxylic acids is 1. The summed E-state index contributed by atoms with van der Waals surface area (Å²) < 4.78 is 0. The highest BCUT2D eigenvalue weighted by atomic mass is 16.6. The van der Waals surface area contributed by atoms with Gasteiger partial charge in [0, 0.05) is 12.6 Å². The summed E-state index contributed by atoms with van der Waals surface area (Å²) in [6.45, 7) is 2.96. The molecular weight excluding hydrogens is 284 g/mol. The Morgan fingerprint density at radius 2 is 2.32 bits per heavy atom. The molecule has 1 aliphatic carbocycles. The fourth-order valence-corrected chi connectivity index (χ4v) is 3.10. The van der Waals surface area contributed by atoms with Gasteiger partial charge in [0.2, 0.25) is 0 Å². The Kier molecular flexibility index (Phi) is 5.30. The molecule has 0 saturated heterocycles. The summed E-state index contributed by atoms with van der Waals surface area (Å²) in [5, 5.41) is 13.8. The predicted molar refractivity (Wildman–Crippen MR) is 83.6 cm³/mol. The second kappa shape index (κ2) is 7.20. The Balaban J connectivity index is 1.97. The number of nitrogens with two attached hydrogens (primary N) is 1. The summed E-state index contributed by atoms with van der Waals surface area (Å²) >= 11 is 0. The summed E-state index contributed by atoms with van der Waals surface area (Å²) in [5.74, 6) is 1.07. The van der Waals surface area contributed by atoms with Crippen LogP contribution in [0.1, 0.15) is 49.4 Å². The molecule has 1 fully saturated rings. The van der Waals surface area contributed by atoms with E-state index in [9.17, 15) is 14.9 Å². The molecule has 3 N–H and O–H groups in total. The molecule has 0 radical (unpaired) electrons. The second-order valence-electron chi connectivity index (χ2n) is 6.06. The number of nitrogens with one attached hydrogen (secondary N) is 1. The van der Waals surface area contributed by atoms with Gasteiger partial charge in [0.1, 0.15) is 12.0 Å². The van der Waals surface area contributed by atoms with Crippen molar-refractivity contribution in [1.82, 2.24) is 4.98 Å². The molecule has 120 valence electrons. The normalized spacial score (nSPS) is 21.3. The summed E-state index contributed by atoms with van der Waals surface area (Å²) in [6.07, 6.45) is 7.19. The number of nitrogens with zero attached hydrogens (tertiary/aromatic N) is 2. The molecule has 1 amide bonds. The number of aromatic nitrogens is 1. The van der Waals surface area contributed by atoms with Crippen LogP contribution in [0.25, 0.3) is 0 Å². The smallest absolute Gasteiger partial charge is 0.288 e. The second-order valence-corrected chi connectivity index (χ2v) is 6.06. The highest BCUT2D eigenvalue weighted by molar-refractivity contribution is 5.98. The van der Waals surface area contributed by atoms with Crippen molar-refractivity contribution in [2.24, 2.45) is 17.6 Å². The fourth-order valence-electron chi connectivity index (χ4n) is 3.10. The highest BCUT2D eigenvalue weighted by Crippen LogP contribution is 2.30. The number of pyridine rings is 1. The molecule has 0 aliphatic heterocycles. The average molecular weight is 306 g/mol. The maximum Gasteiger partial charge on any atom is 0.288 e. The van der Waals surface area contributed by atoms with E-state index in [0.29, 0.717) is 18.3 Å². The number of carbonyl (C=O) groups is 1. The average Bonchev–Trinajstić information content (AvgIpc) is 2.47. The molecule has 0 bridgehead atoms. The molecule has 2 atom stereocenters. The monoisotopic (exact) mass is 306 g/mol. The zero-order valence-corrected chi connectivity index (χ0v) is 12.7. The molecule has 22 heavy (non-hydrogen) atoms. The van der Waals surface area contributed by atoms with E-state index in [1.807, 2.05) is 0 Å². The largest absolute Gasteiger partial charge is 0.369 e. The minimum Gasteiger partial charge on any atom is -0.369 e. The van der Waals surface area contributed by atoms with E-state index >= 15 is 0 Å². The third-order valence-electron chi connectivity index (χ3n) is 4.24. The molecule has 0 spiro atoms. The van der Waals surface area contributed by atoms with Crippen molar-refractivity contribution in [3.8, 4) is 0 Å². The van der Waals surface area contributed by atoms with Crippen LogP contribution >= 0.6 is 0 Å². The first-order valence-corrected chi connectivity index (χ1v) is 7.65. The van der Waals surface area contributed by atoms with Crippen LogP contribution in [-0.4, -0.2) is 22.4 Å². The summed E-state index contributed by atoms with van der Waals surface area (Å²) in [4.78, 5) is 25.5. The van der Waals surface area contributed by atoms with Crippen molar-refractivity contribution in [1.29, 1.82) is 0 Å². The molecule has 1 aliphatic rings. The van der Waals surface area contributed by atoms with Gasteiger partial charge in [0.25, 0.3) is 11.6 Å². The molecule has 1 aromatic rings. The van der Waals surface area contributed by atoms with Gasteiger partial charge in [-0.1, -0.05) is 26.2 Å². The topological polar surface area (TPSA) is 111 Å². The molecule has 7 nitrogen and oxygen atoms in total. The minimum atomic E-state index is -0.718. The number of amides is 1. The molecule has 1 aromatic heterocycles. The summed E-state index contributed by atoms with van der Waals surface area (Å²) in [7, 11) is 0. The van der Waals surface area contributed by atoms with Crippen molar-refractivity contribution in [3.05, 3.63) is 27.9 Å². The third kappa shape index (κ3) is 4.16. The highest BCUT2D eigenvalue weighted by Gasteiger charge is 2.19. The lowest BCUT2D eigenvalue weighted by Crippen LogP contribution is -2.19. The number of nitro groups is 1. The van der Waals surface area contributed by atoms with E-state index < -0.39 is 10.8 Å². The lowest BCUT2D eigenvalue weighted by Gasteiger charge is -2.26. The van der Waals surface area contributed by atoms with Crippen LogP contribution in [0.5, 0.6) is 0 Å². The van der Waals surface area contributed by atoms with Crippen LogP contribution in [0.2, 0.25) is 0 Å². The SMILES string of the molecule is CC1CCCC(CCNc2ncc([N+](=O)[O-])cc2C(N)=O)C1. The zero-order valence-electron chi connectivity index (χ0n) is 12.7. The summed E-state index contributed by atoms with van der Waals surface area (Å²) in [5.41, 5.74) is 5.10. The van der Waals surface area contributed by atoms with Gasteiger partial charge in [-0.05, 0) is 24.7 Å². The Bertz CT molecular complexity index is 562. The van der Waals surface area contributed by atoms with Gasteiger partial charge >= 0.3 is 0 Å². The first kappa shape index (κ1) is 16.2. The molecule has 2 unspecified atom stereocenters. The van der Waals surface area contributed by atoms with Crippen LogP contribution in [0.4, 0.5) is 11.5 Å². The molecule has 7 heteroatoms. The Morgan fingerprint density at radius 3 is 2.95 bits per heavy atom. The van der Waals surface area contributed by atoms with E-state index in [0.717, 1.165) is 18.5 Å². The van der Waals surface area contributed by atoms with Crippen LogP contribution < -0.4 is 11.1 Å². The lowest BCUT2D eigenvalue weighted by molar-refractivity contribution is -0.385. The standard InChI is InChI=1S/C15H22N4O3/c1-10-3-2-4-11(7-10)5-6-17-15-13(14(16)20)8-12(9-18-15)19(21)22/h8-11H,2-7H2,1H3,(H2,16,20)(H,17,18). The quantitative estimate of drug-likeness (QED) is 0.620. The number of hydrogen-bond acceptors (Lipinski definition) is 5. The van der Waals surface area contributed by atoms with Crippen LogP contribution in [0.15, 0.2) is 12.3 Å². The molecule has 1 heterocycles. The van der Waals surface area contributed by atoms with Crippen LogP contribution in [0, 0.1) is 22.0 Å². The number of primary amides is 1. The van der Waals surface area contributed by atoms with Crippen molar-refractivity contribution < 1.29 is 9.72 Å². The first-order valence-electron chi connectivity index (χ1n) is 7.65. The first-order chi connectivity index (χ1) is 10.5. The van der Waals surface area contributed by atoms with Crippen molar-refractivity contribution >= 4 is 17.4 Å². The summed E-state index contributed by atoms with van der Waals surface area (Å²) in [6, 6.07) is 1.17. The van der Waals surface area contributed by atoms with Gasteiger partial charge in [0.15, 0.2) is 0 Å². The maximum atomic E-state index is 11.4. The third-order valence-corrected chi connectivity index (χ3v) is 4.24. The van der Waals surface area contributed by atoms with E-state index in [-0.39, 0.29) is 11.3 Å². The Morgan fingerprint density at radius 1 is 1.55 bits per heavy atom. The van der Waals surface area contributed by atoms with Gasteiger partial charge in [-0.2, -0.15) is 0 Å². The number of anilines is 1. The van der Waals surface area contributed by atoms with Gasteiger partial charge in [-0.3, -0.25) is 14.9 Å². The van der Waals surface area contributed by atoms with Crippen molar-refractivity contribution in [2.75, 3.05) is 11.9 Å². The molecule has 1 saturated carbocycles. The Hall–Kier alpha value is -2.18. The zero-order chi connectivity index (χ0) is 16.1. The predicted octanol–water partition coefficient (Wildman–Crippen LogP) is 2.72. The van der Waals surface area contributed by atoms with Gasteiger partial charge in [0.05, 0.1) is 10.5 Å². The van der Waals surface area contributed by atoms with Gasteiger partial charge < -0.3 is 11.1 Å². The number of hydrogen-bond donors (Lipinski definition) is 2. The number of rotatable bonds is 6. The maximum absolute atomic E-state index is 11.4.